The summed E-state index contributed by atoms with van der Waals surface area (Å²) in [6.07, 6.45) is 3.65. The number of pyridine rings is 1. The van der Waals surface area contributed by atoms with E-state index in [4.69, 9.17) is 0 Å². The number of hydrogen-bond acceptors (Lipinski definition) is 6. The molecule has 4 rings (SSSR count). The third-order valence-corrected chi connectivity index (χ3v) is 5.58. The zero-order valence-corrected chi connectivity index (χ0v) is 18.6. The van der Waals surface area contributed by atoms with E-state index in [2.05, 4.69) is 27.2 Å². The number of fused-ring (bicyclic) bond motifs is 1. The van der Waals surface area contributed by atoms with Crippen LogP contribution in [0.15, 0.2) is 60.0 Å². The molecule has 1 fully saturated rings. The zero-order chi connectivity index (χ0) is 23.5. The number of benzene rings is 1. The number of likely N-dealkylation sites (tertiary alicyclic amines) is 1. The fourth-order valence-corrected chi connectivity index (χ4v) is 3.92. The van der Waals surface area contributed by atoms with Gasteiger partial charge in [0.1, 0.15) is 5.65 Å². The minimum absolute atomic E-state index is 0.000451. The molecule has 0 radical (unpaired) electrons. The first-order valence-corrected chi connectivity index (χ1v) is 10.8. The topological polar surface area (TPSA) is 109 Å². The quantitative estimate of drug-likeness (QED) is 0.564. The highest BCUT2D eigenvalue weighted by molar-refractivity contribution is 5.99. The first-order chi connectivity index (χ1) is 15.9. The van der Waals surface area contributed by atoms with E-state index in [0.29, 0.717) is 35.9 Å². The van der Waals surface area contributed by atoms with Gasteiger partial charge in [0.2, 0.25) is 11.9 Å². The molecule has 0 aliphatic carbocycles. The van der Waals surface area contributed by atoms with Crippen molar-refractivity contribution in [3.63, 3.8) is 0 Å². The van der Waals surface area contributed by atoms with Crippen molar-refractivity contribution in [1.82, 2.24) is 19.4 Å². The number of carbonyl (C=O) groups excluding carboxylic acids is 2. The summed E-state index contributed by atoms with van der Waals surface area (Å²) in [4.78, 5) is 47.3. The molecular weight excluding hydrogens is 420 g/mol. The monoisotopic (exact) mass is 446 g/mol. The molecule has 2 aromatic heterocycles. The molecule has 3 heterocycles. The molecule has 0 bridgehead atoms. The number of nitrogens with zero attached hydrogens (tertiary/aromatic N) is 4. The molecular formula is C24H26N6O3. The number of hydrogen-bond donors (Lipinski definition) is 2. The second kappa shape index (κ2) is 9.23. The highest BCUT2D eigenvalue weighted by atomic mass is 16.2. The first kappa shape index (κ1) is 22.2. The van der Waals surface area contributed by atoms with Crippen molar-refractivity contribution >= 4 is 34.5 Å². The van der Waals surface area contributed by atoms with Crippen molar-refractivity contribution in [2.24, 2.45) is 0 Å². The lowest BCUT2D eigenvalue weighted by Crippen LogP contribution is -2.32. The Hall–Kier alpha value is -4.01. The number of amides is 2. The lowest BCUT2D eigenvalue weighted by Gasteiger charge is -2.18. The summed E-state index contributed by atoms with van der Waals surface area (Å²) >= 11 is 0. The Morgan fingerprint density at radius 3 is 2.64 bits per heavy atom. The van der Waals surface area contributed by atoms with Gasteiger partial charge < -0.3 is 15.5 Å². The predicted molar refractivity (Wildman–Crippen MR) is 127 cm³/mol. The SMILES string of the molecule is C=CC(=O)Nc1ccc(C(=O)N2CC[C@@H](Nc3ncc4ccc(=O)n(C(C)C)c4n3)C2)cc1. The maximum Gasteiger partial charge on any atom is 0.253 e. The van der Waals surface area contributed by atoms with Crippen LogP contribution in [0.1, 0.15) is 36.7 Å². The second-order valence-electron chi connectivity index (χ2n) is 8.26. The molecule has 2 amide bonds. The van der Waals surface area contributed by atoms with Crippen LogP contribution in [0.5, 0.6) is 0 Å². The molecule has 170 valence electrons. The molecule has 0 saturated carbocycles. The smallest absolute Gasteiger partial charge is 0.253 e. The van der Waals surface area contributed by atoms with E-state index in [-0.39, 0.29) is 29.5 Å². The zero-order valence-electron chi connectivity index (χ0n) is 18.6. The van der Waals surface area contributed by atoms with Crippen LogP contribution < -0.4 is 16.2 Å². The van der Waals surface area contributed by atoms with Crippen LogP contribution in [0, 0.1) is 0 Å². The van der Waals surface area contributed by atoms with Crippen LogP contribution in [0.25, 0.3) is 11.0 Å². The number of rotatable bonds is 6. The van der Waals surface area contributed by atoms with Gasteiger partial charge in [-0.15, -0.1) is 0 Å². The normalized spacial score (nSPS) is 15.6. The molecule has 1 aromatic carbocycles. The van der Waals surface area contributed by atoms with Crippen molar-refractivity contribution in [3.05, 3.63) is 71.2 Å². The van der Waals surface area contributed by atoms with E-state index in [1.165, 1.54) is 12.1 Å². The van der Waals surface area contributed by atoms with Crippen molar-refractivity contribution < 1.29 is 9.59 Å². The number of carbonyl (C=O) groups is 2. The van der Waals surface area contributed by atoms with Crippen LogP contribution in [-0.4, -0.2) is 50.4 Å². The van der Waals surface area contributed by atoms with Gasteiger partial charge in [0.15, 0.2) is 0 Å². The summed E-state index contributed by atoms with van der Waals surface area (Å²) < 4.78 is 1.65. The molecule has 3 aromatic rings. The minimum Gasteiger partial charge on any atom is -0.350 e. The summed E-state index contributed by atoms with van der Waals surface area (Å²) in [6, 6.07) is 10.00. The van der Waals surface area contributed by atoms with Crippen molar-refractivity contribution in [2.75, 3.05) is 23.7 Å². The third kappa shape index (κ3) is 4.77. The molecule has 1 aliphatic heterocycles. The summed E-state index contributed by atoms with van der Waals surface area (Å²) in [5, 5.41) is 6.76. The van der Waals surface area contributed by atoms with Gasteiger partial charge in [-0.3, -0.25) is 19.0 Å². The van der Waals surface area contributed by atoms with E-state index < -0.39 is 0 Å². The molecule has 33 heavy (non-hydrogen) atoms. The number of nitrogens with one attached hydrogen (secondary N) is 2. The van der Waals surface area contributed by atoms with Crippen molar-refractivity contribution in [3.8, 4) is 0 Å². The summed E-state index contributed by atoms with van der Waals surface area (Å²) in [7, 11) is 0. The lowest BCUT2D eigenvalue weighted by atomic mass is 10.2. The highest BCUT2D eigenvalue weighted by Crippen LogP contribution is 2.20. The summed E-state index contributed by atoms with van der Waals surface area (Å²) in [6.45, 7) is 8.42. The molecule has 0 unspecified atom stereocenters. The van der Waals surface area contributed by atoms with Crippen LogP contribution >= 0.6 is 0 Å². The van der Waals surface area contributed by atoms with Gasteiger partial charge in [-0.25, -0.2) is 4.98 Å². The number of aromatic nitrogens is 3. The van der Waals surface area contributed by atoms with E-state index in [1.54, 1.807) is 46.0 Å². The van der Waals surface area contributed by atoms with Gasteiger partial charge in [-0.05, 0) is 56.7 Å². The maximum atomic E-state index is 12.9. The van der Waals surface area contributed by atoms with Crippen molar-refractivity contribution in [1.29, 1.82) is 0 Å². The summed E-state index contributed by atoms with van der Waals surface area (Å²) in [5.74, 6) is 0.0573. The summed E-state index contributed by atoms with van der Waals surface area (Å²) in [5.41, 5.74) is 1.64. The Labute approximate surface area is 191 Å². The van der Waals surface area contributed by atoms with Gasteiger partial charge in [0, 0.05) is 54.1 Å². The van der Waals surface area contributed by atoms with E-state index in [0.717, 1.165) is 11.8 Å². The average Bonchev–Trinajstić information content (AvgIpc) is 3.27. The lowest BCUT2D eigenvalue weighted by molar-refractivity contribution is -0.111. The molecule has 9 heteroatoms. The Morgan fingerprint density at radius 1 is 1.18 bits per heavy atom. The van der Waals surface area contributed by atoms with Gasteiger partial charge in [-0.2, -0.15) is 4.98 Å². The van der Waals surface area contributed by atoms with Crippen LogP contribution in [0.3, 0.4) is 0 Å². The van der Waals surface area contributed by atoms with Gasteiger partial charge >= 0.3 is 0 Å². The largest absolute Gasteiger partial charge is 0.350 e. The van der Waals surface area contributed by atoms with E-state index >= 15 is 0 Å². The van der Waals surface area contributed by atoms with Crippen LogP contribution in [0.2, 0.25) is 0 Å². The average molecular weight is 447 g/mol. The van der Waals surface area contributed by atoms with Gasteiger partial charge in [0.25, 0.3) is 11.5 Å². The van der Waals surface area contributed by atoms with E-state index in [1.807, 2.05) is 13.8 Å². The Morgan fingerprint density at radius 2 is 1.94 bits per heavy atom. The first-order valence-electron chi connectivity index (χ1n) is 10.8. The third-order valence-electron chi connectivity index (χ3n) is 5.58. The predicted octanol–water partition coefficient (Wildman–Crippen LogP) is 2.82. The van der Waals surface area contributed by atoms with Gasteiger partial charge in [-0.1, -0.05) is 6.58 Å². The number of anilines is 2. The Balaban J connectivity index is 1.44. The molecule has 2 N–H and O–H groups in total. The fraction of sp³-hybridized carbons (Fsp3) is 0.292. The Bertz CT molecular complexity index is 1270. The van der Waals surface area contributed by atoms with Crippen LogP contribution in [-0.2, 0) is 4.79 Å². The maximum absolute atomic E-state index is 12.9. The standard InChI is InChI=1S/C24H26N6O3/c1-4-20(31)26-18-8-5-16(6-9-18)23(33)29-12-11-19(14-29)27-24-25-13-17-7-10-21(32)30(15(2)3)22(17)28-24/h4-10,13,15,19H,1,11-12,14H2,2-3H3,(H,26,31)(H,25,27,28)/t19-/m1/s1. The molecule has 1 saturated heterocycles. The highest BCUT2D eigenvalue weighted by Gasteiger charge is 2.27. The van der Waals surface area contributed by atoms with Crippen LogP contribution in [0.4, 0.5) is 11.6 Å². The molecule has 9 nitrogen and oxygen atoms in total. The molecule has 1 atom stereocenters. The fourth-order valence-electron chi connectivity index (χ4n) is 3.92. The van der Waals surface area contributed by atoms with Crippen molar-refractivity contribution in [2.45, 2.75) is 32.4 Å². The second-order valence-corrected chi connectivity index (χ2v) is 8.26. The minimum atomic E-state index is -0.302. The Kier molecular flexibility index (Phi) is 6.21. The van der Waals surface area contributed by atoms with Gasteiger partial charge in [0.05, 0.1) is 0 Å². The van der Waals surface area contributed by atoms with E-state index in [9.17, 15) is 14.4 Å². The molecule has 0 spiro atoms. The molecule has 1 aliphatic rings.